The van der Waals surface area contributed by atoms with E-state index in [9.17, 15) is 9.59 Å². The second-order valence-corrected chi connectivity index (χ2v) is 3.58. The van der Waals surface area contributed by atoms with Crippen LogP contribution in [0.15, 0.2) is 27.4 Å². The number of ether oxygens (including phenoxy) is 1. The fourth-order valence-corrected chi connectivity index (χ4v) is 1.65. The zero-order valence-electron chi connectivity index (χ0n) is 8.30. The van der Waals surface area contributed by atoms with E-state index in [2.05, 4.69) is 9.72 Å². The Kier molecular flexibility index (Phi) is 2.82. The lowest BCUT2D eigenvalue weighted by Crippen LogP contribution is -2.01. The molecule has 2 rings (SSSR count). The third-order valence-corrected chi connectivity index (χ3v) is 2.47. The van der Waals surface area contributed by atoms with Crippen molar-refractivity contribution in [3.8, 4) is 0 Å². The van der Waals surface area contributed by atoms with Crippen LogP contribution in [0.25, 0.3) is 0 Å². The van der Waals surface area contributed by atoms with Crippen molar-refractivity contribution >= 4 is 23.1 Å². The number of furan rings is 1. The molecule has 82 valence electrons. The van der Waals surface area contributed by atoms with E-state index < -0.39 is 5.97 Å². The molecule has 0 saturated heterocycles. The van der Waals surface area contributed by atoms with E-state index in [1.54, 1.807) is 10.9 Å². The number of carbonyl (C=O) groups excluding carboxylic acids is 2. The maximum Gasteiger partial charge on any atom is 0.373 e. The van der Waals surface area contributed by atoms with Gasteiger partial charge in [-0.2, -0.15) is 0 Å². The van der Waals surface area contributed by atoms with Crippen molar-refractivity contribution in [2.45, 2.75) is 0 Å². The van der Waals surface area contributed by atoms with Gasteiger partial charge in [-0.3, -0.25) is 4.79 Å². The predicted octanol–water partition coefficient (Wildman–Crippen LogP) is 1.75. The molecular formula is C10H7NO4S. The largest absolute Gasteiger partial charge is 0.463 e. The normalized spacial score (nSPS) is 10.1. The van der Waals surface area contributed by atoms with Gasteiger partial charge in [0.15, 0.2) is 5.76 Å². The first-order valence-corrected chi connectivity index (χ1v) is 5.27. The number of rotatable bonds is 3. The molecule has 0 amide bonds. The molecule has 0 atom stereocenters. The molecule has 2 heterocycles. The van der Waals surface area contributed by atoms with E-state index >= 15 is 0 Å². The Morgan fingerprint density at radius 3 is 2.75 bits per heavy atom. The van der Waals surface area contributed by atoms with Crippen LogP contribution >= 0.6 is 11.3 Å². The lowest BCUT2D eigenvalue weighted by atomic mass is 10.2. The Hall–Kier alpha value is -1.95. The van der Waals surface area contributed by atoms with Crippen molar-refractivity contribution in [1.82, 2.24) is 4.98 Å². The van der Waals surface area contributed by atoms with Gasteiger partial charge in [0.05, 0.1) is 12.6 Å². The number of hydrogen-bond donors (Lipinski definition) is 0. The third-order valence-electron chi connectivity index (χ3n) is 1.88. The third kappa shape index (κ3) is 1.87. The van der Waals surface area contributed by atoms with Crippen molar-refractivity contribution in [2.75, 3.05) is 7.11 Å². The van der Waals surface area contributed by atoms with E-state index in [1.165, 1.54) is 30.6 Å². The molecule has 0 radical (unpaired) electrons. The zero-order valence-corrected chi connectivity index (χ0v) is 9.11. The summed E-state index contributed by atoms with van der Waals surface area (Å²) in [5.41, 5.74) is 1.85. The smallest absolute Gasteiger partial charge is 0.373 e. The van der Waals surface area contributed by atoms with Crippen molar-refractivity contribution < 1.29 is 18.7 Å². The van der Waals surface area contributed by atoms with Gasteiger partial charge in [-0.1, -0.05) is 0 Å². The van der Waals surface area contributed by atoms with Gasteiger partial charge in [0.1, 0.15) is 5.69 Å². The summed E-state index contributed by atoms with van der Waals surface area (Å²) in [5, 5.41) is 1.61. The summed E-state index contributed by atoms with van der Waals surface area (Å²) < 4.78 is 9.52. The maximum atomic E-state index is 11.7. The zero-order chi connectivity index (χ0) is 11.5. The van der Waals surface area contributed by atoms with E-state index in [-0.39, 0.29) is 17.3 Å². The summed E-state index contributed by atoms with van der Waals surface area (Å²) in [6.07, 6.45) is 0. The molecule has 0 spiro atoms. The van der Waals surface area contributed by atoms with Gasteiger partial charge in [0.2, 0.25) is 11.5 Å². The van der Waals surface area contributed by atoms with Gasteiger partial charge >= 0.3 is 5.97 Å². The summed E-state index contributed by atoms with van der Waals surface area (Å²) in [6.45, 7) is 0. The molecule has 0 aromatic carbocycles. The second kappa shape index (κ2) is 4.28. The minimum Gasteiger partial charge on any atom is -0.463 e. The van der Waals surface area contributed by atoms with Gasteiger partial charge < -0.3 is 9.15 Å². The lowest BCUT2D eigenvalue weighted by molar-refractivity contribution is 0.0563. The molecule has 5 nitrogen and oxygen atoms in total. The van der Waals surface area contributed by atoms with Gasteiger partial charge in [-0.05, 0) is 12.1 Å². The van der Waals surface area contributed by atoms with Crippen LogP contribution in [0.5, 0.6) is 0 Å². The van der Waals surface area contributed by atoms with E-state index in [1.807, 2.05) is 0 Å². The van der Waals surface area contributed by atoms with Gasteiger partial charge in [-0.15, -0.1) is 11.3 Å². The van der Waals surface area contributed by atoms with E-state index in [0.717, 1.165) is 0 Å². The molecule has 16 heavy (non-hydrogen) atoms. The number of carbonyl (C=O) groups is 2. The Balaban J connectivity index is 2.26. The number of aromatic nitrogens is 1. The summed E-state index contributed by atoms with van der Waals surface area (Å²) in [7, 11) is 1.24. The summed E-state index contributed by atoms with van der Waals surface area (Å²) >= 11 is 1.31. The number of esters is 1. The highest BCUT2D eigenvalue weighted by atomic mass is 32.1. The first kappa shape index (κ1) is 10.6. The standard InChI is InChI=1S/C10H7NO4S/c1-14-10(13)8-3-2-7(15-8)9(12)6-4-16-5-11-6/h2-5H,1H3. The van der Waals surface area contributed by atoms with Gasteiger partial charge in [-0.25, -0.2) is 9.78 Å². The van der Waals surface area contributed by atoms with Crippen LogP contribution in [-0.2, 0) is 4.74 Å². The molecule has 0 saturated carbocycles. The Morgan fingerprint density at radius 1 is 1.38 bits per heavy atom. The maximum absolute atomic E-state index is 11.7. The number of nitrogens with zero attached hydrogens (tertiary/aromatic N) is 1. The number of methoxy groups -OCH3 is 1. The molecule has 0 aliphatic rings. The number of hydrogen-bond acceptors (Lipinski definition) is 6. The quantitative estimate of drug-likeness (QED) is 0.601. The van der Waals surface area contributed by atoms with Crippen LogP contribution in [0.2, 0.25) is 0 Å². The van der Waals surface area contributed by atoms with Crippen LogP contribution in [0.3, 0.4) is 0 Å². The van der Waals surface area contributed by atoms with Gasteiger partial charge in [0, 0.05) is 5.38 Å². The predicted molar refractivity (Wildman–Crippen MR) is 55.6 cm³/mol. The van der Waals surface area contributed by atoms with Crippen LogP contribution < -0.4 is 0 Å². The Bertz CT molecular complexity index is 515. The van der Waals surface area contributed by atoms with Crippen LogP contribution in [0.4, 0.5) is 0 Å². The minimum atomic E-state index is -0.614. The first-order chi connectivity index (χ1) is 7.72. The molecule has 0 fully saturated rings. The molecule has 6 heteroatoms. The SMILES string of the molecule is COC(=O)c1ccc(C(=O)c2cscn2)o1. The summed E-state index contributed by atoms with van der Waals surface area (Å²) in [5.74, 6) is -0.888. The molecule has 0 aliphatic carbocycles. The van der Waals surface area contributed by atoms with Gasteiger partial charge in [0.25, 0.3) is 0 Å². The average molecular weight is 237 g/mol. The topological polar surface area (TPSA) is 69.4 Å². The highest BCUT2D eigenvalue weighted by molar-refractivity contribution is 7.07. The second-order valence-electron chi connectivity index (χ2n) is 2.86. The average Bonchev–Trinajstić information content (AvgIpc) is 2.97. The van der Waals surface area contributed by atoms with Crippen molar-refractivity contribution in [2.24, 2.45) is 0 Å². The number of ketones is 1. The van der Waals surface area contributed by atoms with Crippen LogP contribution in [-0.4, -0.2) is 23.8 Å². The molecule has 0 bridgehead atoms. The van der Waals surface area contributed by atoms with E-state index in [0.29, 0.717) is 5.69 Å². The van der Waals surface area contributed by atoms with Crippen molar-refractivity contribution in [3.05, 3.63) is 40.2 Å². The highest BCUT2D eigenvalue weighted by Gasteiger charge is 2.18. The summed E-state index contributed by atoms with van der Waals surface area (Å²) in [4.78, 5) is 26.7. The van der Waals surface area contributed by atoms with Crippen LogP contribution in [0, 0.1) is 0 Å². The highest BCUT2D eigenvalue weighted by Crippen LogP contribution is 2.14. The van der Waals surface area contributed by atoms with E-state index in [4.69, 9.17) is 4.42 Å². The molecule has 0 unspecified atom stereocenters. The monoisotopic (exact) mass is 237 g/mol. The number of thiazole rings is 1. The lowest BCUT2D eigenvalue weighted by Gasteiger charge is -1.93. The first-order valence-electron chi connectivity index (χ1n) is 4.33. The minimum absolute atomic E-state index is 0.001000. The Morgan fingerprint density at radius 2 is 2.12 bits per heavy atom. The molecule has 0 N–H and O–H groups in total. The summed E-state index contributed by atoms with van der Waals surface area (Å²) in [6, 6.07) is 2.82. The van der Waals surface area contributed by atoms with Crippen LogP contribution in [0.1, 0.15) is 26.8 Å². The van der Waals surface area contributed by atoms with Crippen molar-refractivity contribution in [1.29, 1.82) is 0 Å². The van der Waals surface area contributed by atoms with Crippen molar-refractivity contribution in [3.63, 3.8) is 0 Å². The molecule has 0 aliphatic heterocycles. The molecular weight excluding hydrogens is 230 g/mol. The Labute approximate surface area is 94.7 Å². The molecule has 2 aromatic rings. The fourth-order valence-electron chi connectivity index (χ4n) is 1.12. The molecule has 2 aromatic heterocycles. The fraction of sp³-hybridized carbons (Fsp3) is 0.100.